The van der Waals surface area contributed by atoms with Crippen LogP contribution in [0.1, 0.15) is 34.6 Å². The van der Waals surface area contributed by atoms with Gasteiger partial charge in [0.1, 0.15) is 0 Å². The van der Waals surface area contributed by atoms with Gasteiger partial charge in [-0.05, 0) is 44.4 Å². The van der Waals surface area contributed by atoms with Gasteiger partial charge in [0.15, 0.2) is 5.65 Å². The molecule has 4 rings (SSSR count). The Labute approximate surface area is 194 Å². The molecule has 1 fully saturated rings. The van der Waals surface area contributed by atoms with Crippen molar-refractivity contribution in [2.75, 3.05) is 26.2 Å². The molecular weight excluding hydrogens is 438 g/mol. The van der Waals surface area contributed by atoms with E-state index < -0.39 is 10.0 Å². The molecule has 3 heterocycles. The van der Waals surface area contributed by atoms with Gasteiger partial charge in [0.25, 0.3) is 0 Å². The van der Waals surface area contributed by atoms with Crippen molar-refractivity contribution in [1.82, 2.24) is 23.8 Å². The number of carbonyl (C=O) groups is 1. The molecule has 1 aliphatic rings. The highest BCUT2D eigenvalue weighted by Gasteiger charge is 2.27. The molecule has 1 aliphatic heterocycles. The number of piperazine rings is 1. The largest absolute Gasteiger partial charge is 0.340 e. The van der Waals surface area contributed by atoms with Gasteiger partial charge in [-0.15, -0.1) is 0 Å². The minimum Gasteiger partial charge on any atom is -0.340 e. The summed E-state index contributed by atoms with van der Waals surface area (Å²) in [7, 11) is -3.52. The van der Waals surface area contributed by atoms with E-state index in [1.807, 2.05) is 61.7 Å². The molecule has 0 radical (unpaired) electrons. The van der Waals surface area contributed by atoms with Crippen LogP contribution in [-0.4, -0.2) is 64.3 Å². The lowest BCUT2D eigenvalue weighted by atomic mass is 10.1. The van der Waals surface area contributed by atoms with Crippen LogP contribution in [0.2, 0.25) is 0 Å². The third kappa shape index (κ3) is 5.15. The highest BCUT2D eigenvalue weighted by atomic mass is 32.2. The molecule has 0 N–H and O–H groups in total. The average molecular weight is 468 g/mol. The maximum absolute atomic E-state index is 12.8. The molecule has 0 bridgehead atoms. The van der Waals surface area contributed by atoms with E-state index in [-0.39, 0.29) is 5.91 Å². The fourth-order valence-electron chi connectivity index (χ4n) is 4.20. The van der Waals surface area contributed by atoms with Crippen LogP contribution in [0.5, 0.6) is 0 Å². The van der Waals surface area contributed by atoms with Crippen molar-refractivity contribution in [2.24, 2.45) is 0 Å². The van der Waals surface area contributed by atoms with Crippen molar-refractivity contribution in [3.05, 3.63) is 70.0 Å². The first-order valence-electron chi connectivity index (χ1n) is 11.1. The van der Waals surface area contributed by atoms with Crippen LogP contribution < -0.4 is 0 Å². The number of carbonyl (C=O) groups excluding carboxylic acids is 1. The second-order valence-corrected chi connectivity index (χ2v) is 10.2. The molecule has 1 saturated heterocycles. The SMILES string of the molecule is Cc1cc2nc(C)c(CCC(=O)N3CCN(S(=O)(=O)/C=C/c4ccccc4)CC3)c(C)n2n1. The van der Waals surface area contributed by atoms with Crippen LogP contribution >= 0.6 is 0 Å². The van der Waals surface area contributed by atoms with Crippen molar-refractivity contribution in [2.45, 2.75) is 33.6 Å². The first-order valence-corrected chi connectivity index (χ1v) is 12.6. The van der Waals surface area contributed by atoms with E-state index in [9.17, 15) is 13.2 Å². The minimum atomic E-state index is -3.52. The quantitative estimate of drug-likeness (QED) is 0.556. The van der Waals surface area contributed by atoms with Crippen molar-refractivity contribution in [3.8, 4) is 0 Å². The van der Waals surface area contributed by atoms with Crippen LogP contribution in [-0.2, 0) is 21.2 Å². The first-order chi connectivity index (χ1) is 15.7. The van der Waals surface area contributed by atoms with E-state index >= 15 is 0 Å². The number of nitrogens with zero attached hydrogens (tertiary/aromatic N) is 5. The number of rotatable bonds is 6. The Bertz CT molecular complexity index is 1290. The molecule has 0 atom stereocenters. The molecule has 1 amide bonds. The van der Waals surface area contributed by atoms with Gasteiger partial charge in [0.05, 0.1) is 5.69 Å². The highest BCUT2D eigenvalue weighted by molar-refractivity contribution is 7.92. The summed E-state index contributed by atoms with van der Waals surface area (Å²) in [6.45, 7) is 7.28. The van der Waals surface area contributed by atoms with E-state index in [4.69, 9.17) is 0 Å². The van der Waals surface area contributed by atoms with Crippen LogP contribution in [0.3, 0.4) is 0 Å². The second-order valence-electron chi connectivity index (χ2n) is 8.36. The van der Waals surface area contributed by atoms with Gasteiger partial charge in [0.2, 0.25) is 15.9 Å². The zero-order chi connectivity index (χ0) is 23.6. The van der Waals surface area contributed by atoms with E-state index in [0.717, 1.165) is 33.9 Å². The fraction of sp³-hybridized carbons (Fsp3) is 0.375. The van der Waals surface area contributed by atoms with E-state index in [0.29, 0.717) is 39.0 Å². The van der Waals surface area contributed by atoms with Crippen molar-refractivity contribution >= 4 is 27.7 Å². The number of amides is 1. The van der Waals surface area contributed by atoms with Gasteiger partial charge in [-0.25, -0.2) is 17.9 Å². The average Bonchev–Trinajstić information content (AvgIpc) is 3.18. The summed E-state index contributed by atoms with van der Waals surface area (Å²) in [6.07, 6.45) is 2.54. The van der Waals surface area contributed by atoms with Gasteiger partial charge in [0, 0.05) is 55.5 Å². The zero-order valence-electron chi connectivity index (χ0n) is 19.2. The van der Waals surface area contributed by atoms with E-state index in [2.05, 4.69) is 10.1 Å². The molecule has 2 aromatic heterocycles. The van der Waals surface area contributed by atoms with E-state index in [1.165, 1.54) is 9.71 Å². The van der Waals surface area contributed by atoms with Crippen molar-refractivity contribution in [3.63, 3.8) is 0 Å². The maximum Gasteiger partial charge on any atom is 0.236 e. The predicted octanol–water partition coefficient (Wildman–Crippen LogP) is 2.73. The molecule has 174 valence electrons. The van der Waals surface area contributed by atoms with Gasteiger partial charge < -0.3 is 4.90 Å². The number of benzene rings is 1. The predicted molar refractivity (Wildman–Crippen MR) is 128 cm³/mol. The molecule has 3 aromatic rings. The summed E-state index contributed by atoms with van der Waals surface area (Å²) in [5, 5.41) is 5.73. The number of aryl methyl sites for hydroxylation is 3. The minimum absolute atomic E-state index is 0.0300. The lowest BCUT2D eigenvalue weighted by Crippen LogP contribution is -2.50. The summed E-state index contributed by atoms with van der Waals surface area (Å²) < 4.78 is 28.6. The molecule has 8 nitrogen and oxygen atoms in total. The monoisotopic (exact) mass is 467 g/mol. The summed E-state index contributed by atoms with van der Waals surface area (Å²) >= 11 is 0. The maximum atomic E-state index is 12.8. The summed E-state index contributed by atoms with van der Waals surface area (Å²) in [5.41, 5.74) is 5.50. The normalized spacial score (nSPS) is 15.5. The molecule has 0 saturated carbocycles. The number of aromatic nitrogens is 3. The smallest absolute Gasteiger partial charge is 0.236 e. The molecule has 9 heteroatoms. The van der Waals surface area contributed by atoms with Crippen molar-refractivity contribution in [1.29, 1.82) is 0 Å². The Balaban J connectivity index is 1.34. The van der Waals surface area contributed by atoms with Crippen LogP contribution in [0, 0.1) is 20.8 Å². The molecular formula is C24H29N5O3S. The number of hydrogen-bond donors (Lipinski definition) is 0. The summed E-state index contributed by atoms with van der Waals surface area (Å²) in [5.74, 6) is 0.0300. The molecule has 0 aliphatic carbocycles. The Morgan fingerprint density at radius 3 is 2.45 bits per heavy atom. The number of hydrogen-bond acceptors (Lipinski definition) is 5. The lowest BCUT2D eigenvalue weighted by molar-refractivity contribution is -0.132. The third-order valence-corrected chi connectivity index (χ3v) is 7.62. The Morgan fingerprint density at radius 2 is 1.76 bits per heavy atom. The summed E-state index contributed by atoms with van der Waals surface area (Å²) in [4.78, 5) is 19.2. The molecule has 1 aromatic carbocycles. The van der Waals surface area contributed by atoms with Crippen LogP contribution in [0.15, 0.2) is 41.8 Å². The summed E-state index contributed by atoms with van der Waals surface area (Å²) in [6, 6.07) is 11.3. The lowest BCUT2D eigenvalue weighted by Gasteiger charge is -2.33. The number of sulfonamides is 1. The van der Waals surface area contributed by atoms with Gasteiger partial charge >= 0.3 is 0 Å². The first kappa shape index (κ1) is 23.1. The fourth-order valence-corrected chi connectivity index (χ4v) is 5.37. The molecule has 33 heavy (non-hydrogen) atoms. The Hall–Kier alpha value is -3.04. The standard InChI is InChI=1S/C24H29N5O3S/c1-18-17-23-25-19(2)22(20(3)29(23)26-18)9-10-24(30)27-12-14-28(15-13-27)33(31,32)16-11-21-7-5-4-6-8-21/h4-8,11,16-17H,9-10,12-15H2,1-3H3/b16-11+. The van der Waals surface area contributed by atoms with Gasteiger partial charge in [-0.3, -0.25) is 4.79 Å². The van der Waals surface area contributed by atoms with E-state index in [1.54, 1.807) is 11.0 Å². The third-order valence-electron chi connectivity index (χ3n) is 6.06. The Kier molecular flexibility index (Phi) is 6.62. The van der Waals surface area contributed by atoms with Gasteiger partial charge in [-0.2, -0.15) is 9.40 Å². The van der Waals surface area contributed by atoms with Crippen molar-refractivity contribution < 1.29 is 13.2 Å². The topological polar surface area (TPSA) is 87.9 Å². The molecule has 0 unspecified atom stereocenters. The second kappa shape index (κ2) is 9.44. The molecule has 0 spiro atoms. The highest BCUT2D eigenvalue weighted by Crippen LogP contribution is 2.18. The van der Waals surface area contributed by atoms with Gasteiger partial charge in [-0.1, -0.05) is 30.3 Å². The number of fused-ring (bicyclic) bond motifs is 1. The zero-order valence-corrected chi connectivity index (χ0v) is 20.0. The Morgan fingerprint density at radius 1 is 1.06 bits per heavy atom. The van der Waals surface area contributed by atoms with Crippen LogP contribution in [0.4, 0.5) is 0 Å². The van der Waals surface area contributed by atoms with Crippen LogP contribution in [0.25, 0.3) is 11.7 Å².